The molecule has 19 heavy (non-hydrogen) atoms. The summed E-state index contributed by atoms with van der Waals surface area (Å²) in [6, 6.07) is 1.79. The Bertz CT molecular complexity index is 505. The van der Waals surface area contributed by atoms with E-state index in [0.717, 1.165) is 12.1 Å². The highest BCUT2D eigenvalue weighted by Crippen LogP contribution is 2.28. The van der Waals surface area contributed by atoms with Crippen molar-refractivity contribution in [3.05, 3.63) is 33.6 Å². The highest BCUT2D eigenvalue weighted by atomic mass is 19.1. The third-order valence-electron chi connectivity index (χ3n) is 2.65. The lowest BCUT2D eigenvalue weighted by molar-refractivity contribution is -0.384. The van der Waals surface area contributed by atoms with Gasteiger partial charge in [0.25, 0.3) is 5.69 Å². The minimum Gasteiger partial charge on any atom is -0.459 e. The first-order chi connectivity index (χ1) is 8.90. The normalized spacial score (nSPS) is 11.8. The van der Waals surface area contributed by atoms with E-state index < -0.39 is 22.3 Å². The van der Waals surface area contributed by atoms with Gasteiger partial charge in [-0.15, -0.1) is 0 Å². The van der Waals surface area contributed by atoms with Crippen molar-refractivity contribution in [2.45, 2.75) is 26.4 Å². The van der Waals surface area contributed by atoms with E-state index in [1.165, 1.54) is 7.05 Å². The molecule has 0 bridgehead atoms. The lowest BCUT2D eigenvalue weighted by atomic mass is 10.1. The van der Waals surface area contributed by atoms with Gasteiger partial charge in [0, 0.05) is 19.2 Å². The standard InChI is InChI=1S/C12H15FN2O4/c1-4-7(2)19-12(16)8-5-11(15(17)18)10(14-3)6-9(8)13/h5-7,14H,4H2,1-3H3. The molecule has 0 amide bonds. The van der Waals surface area contributed by atoms with E-state index in [2.05, 4.69) is 5.32 Å². The number of hydrogen-bond donors (Lipinski definition) is 1. The van der Waals surface area contributed by atoms with Crippen molar-refractivity contribution in [2.75, 3.05) is 12.4 Å². The van der Waals surface area contributed by atoms with Crippen molar-refractivity contribution in [1.82, 2.24) is 0 Å². The van der Waals surface area contributed by atoms with E-state index in [1.807, 2.05) is 0 Å². The van der Waals surface area contributed by atoms with Gasteiger partial charge in [0.15, 0.2) is 0 Å². The van der Waals surface area contributed by atoms with Crippen LogP contribution < -0.4 is 5.32 Å². The number of nitro groups is 1. The molecular formula is C12H15FN2O4. The smallest absolute Gasteiger partial charge is 0.341 e. The topological polar surface area (TPSA) is 81.5 Å². The van der Waals surface area contributed by atoms with E-state index in [-0.39, 0.29) is 17.5 Å². The highest BCUT2D eigenvalue weighted by Gasteiger charge is 2.23. The first kappa shape index (κ1) is 14.9. The lowest BCUT2D eigenvalue weighted by Gasteiger charge is -2.12. The molecule has 1 N–H and O–H groups in total. The summed E-state index contributed by atoms with van der Waals surface area (Å²) in [6.45, 7) is 3.47. The Labute approximate surface area is 109 Å². The Morgan fingerprint density at radius 2 is 2.21 bits per heavy atom. The number of carbonyl (C=O) groups excluding carboxylic acids is 1. The predicted molar refractivity (Wildman–Crippen MR) is 67.8 cm³/mol. The zero-order chi connectivity index (χ0) is 14.6. The number of esters is 1. The molecule has 0 saturated carbocycles. The number of nitrogens with one attached hydrogen (secondary N) is 1. The molecule has 1 atom stereocenters. The monoisotopic (exact) mass is 270 g/mol. The van der Waals surface area contributed by atoms with Gasteiger partial charge in [0.05, 0.1) is 11.0 Å². The third kappa shape index (κ3) is 3.40. The molecule has 0 spiro atoms. The summed E-state index contributed by atoms with van der Waals surface area (Å²) in [4.78, 5) is 21.9. The molecule has 0 heterocycles. The van der Waals surface area contributed by atoms with Crippen molar-refractivity contribution in [3.8, 4) is 0 Å². The number of hydrogen-bond acceptors (Lipinski definition) is 5. The fourth-order valence-corrected chi connectivity index (χ4v) is 1.40. The van der Waals surface area contributed by atoms with Gasteiger partial charge in [-0.2, -0.15) is 0 Å². The summed E-state index contributed by atoms with van der Waals surface area (Å²) < 4.78 is 18.7. The van der Waals surface area contributed by atoms with Crippen molar-refractivity contribution >= 4 is 17.3 Å². The predicted octanol–water partition coefficient (Wildman–Crippen LogP) is 2.73. The number of nitrogens with zero attached hydrogens (tertiary/aromatic N) is 1. The van der Waals surface area contributed by atoms with Crippen LogP contribution in [0.5, 0.6) is 0 Å². The number of carbonyl (C=O) groups is 1. The number of ether oxygens (including phenoxy) is 1. The van der Waals surface area contributed by atoms with Crippen LogP contribution in [0.3, 0.4) is 0 Å². The summed E-state index contributed by atoms with van der Waals surface area (Å²) in [5.74, 6) is -1.76. The molecule has 0 aliphatic carbocycles. The third-order valence-corrected chi connectivity index (χ3v) is 2.65. The molecular weight excluding hydrogens is 255 g/mol. The summed E-state index contributed by atoms with van der Waals surface area (Å²) in [7, 11) is 1.43. The molecule has 0 aromatic heterocycles. The molecule has 0 aliphatic heterocycles. The number of halogens is 1. The van der Waals surface area contributed by atoms with Gasteiger partial charge in [-0.3, -0.25) is 10.1 Å². The van der Waals surface area contributed by atoms with Crippen LogP contribution in [0.1, 0.15) is 30.6 Å². The first-order valence-electron chi connectivity index (χ1n) is 5.77. The van der Waals surface area contributed by atoms with Crippen LogP contribution in [0.2, 0.25) is 0 Å². The Hall–Kier alpha value is -2.18. The van der Waals surface area contributed by atoms with Crippen LogP contribution in [0.4, 0.5) is 15.8 Å². The summed E-state index contributed by atoms with van der Waals surface area (Å²) in [5, 5.41) is 13.3. The second-order valence-electron chi connectivity index (χ2n) is 3.98. The van der Waals surface area contributed by atoms with E-state index in [0.29, 0.717) is 6.42 Å². The second kappa shape index (κ2) is 6.12. The van der Waals surface area contributed by atoms with Crippen LogP contribution in [0, 0.1) is 15.9 Å². The molecule has 6 nitrogen and oxygen atoms in total. The Kier molecular flexibility index (Phi) is 4.80. The average Bonchev–Trinajstić information content (AvgIpc) is 2.37. The maximum Gasteiger partial charge on any atom is 0.341 e. The second-order valence-corrected chi connectivity index (χ2v) is 3.98. The van der Waals surface area contributed by atoms with E-state index >= 15 is 0 Å². The fraction of sp³-hybridized carbons (Fsp3) is 0.417. The number of nitro benzene ring substituents is 1. The van der Waals surface area contributed by atoms with Gasteiger partial charge in [0.2, 0.25) is 0 Å². The molecule has 0 fully saturated rings. The Balaban J connectivity index is 3.18. The van der Waals surface area contributed by atoms with Crippen LogP contribution in [0.25, 0.3) is 0 Å². The maximum atomic E-state index is 13.7. The van der Waals surface area contributed by atoms with E-state index in [1.54, 1.807) is 13.8 Å². The minimum absolute atomic E-state index is 0.00240. The molecule has 1 rings (SSSR count). The van der Waals surface area contributed by atoms with Gasteiger partial charge >= 0.3 is 5.97 Å². The summed E-state index contributed by atoms with van der Waals surface area (Å²) >= 11 is 0. The number of rotatable bonds is 5. The summed E-state index contributed by atoms with van der Waals surface area (Å²) in [6.07, 6.45) is 0.194. The van der Waals surface area contributed by atoms with Crippen molar-refractivity contribution in [3.63, 3.8) is 0 Å². The molecule has 7 heteroatoms. The van der Waals surface area contributed by atoms with Gasteiger partial charge in [-0.25, -0.2) is 9.18 Å². The quantitative estimate of drug-likeness (QED) is 0.505. The van der Waals surface area contributed by atoms with Gasteiger partial charge in [0.1, 0.15) is 17.1 Å². The van der Waals surface area contributed by atoms with Gasteiger partial charge in [-0.05, 0) is 13.3 Å². The molecule has 0 saturated heterocycles. The van der Waals surface area contributed by atoms with Crippen LogP contribution in [-0.2, 0) is 4.74 Å². The number of benzene rings is 1. The fourth-order valence-electron chi connectivity index (χ4n) is 1.40. The van der Waals surface area contributed by atoms with Crippen molar-refractivity contribution < 1.29 is 18.8 Å². The zero-order valence-corrected chi connectivity index (χ0v) is 10.9. The maximum absolute atomic E-state index is 13.7. The van der Waals surface area contributed by atoms with Crippen molar-refractivity contribution in [1.29, 1.82) is 0 Å². The van der Waals surface area contributed by atoms with Gasteiger partial charge < -0.3 is 10.1 Å². The molecule has 0 aliphatic rings. The van der Waals surface area contributed by atoms with E-state index in [4.69, 9.17) is 4.74 Å². The van der Waals surface area contributed by atoms with Crippen LogP contribution in [0.15, 0.2) is 12.1 Å². The summed E-state index contributed by atoms with van der Waals surface area (Å²) in [5.41, 5.74) is -0.811. The molecule has 1 aromatic rings. The number of anilines is 1. The van der Waals surface area contributed by atoms with Crippen LogP contribution in [-0.4, -0.2) is 24.0 Å². The molecule has 1 unspecified atom stereocenters. The van der Waals surface area contributed by atoms with E-state index in [9.17, 15) is 19.3 Å². The largest absolute Gasteiger partial charge is 0.459 e. The zero-order valence-electron chi connectivity index (χ0n) is 10.9. The van der Waals surface area contributed by atoms with Gasteiger partial charge in [-0.1, -0.05) is 6.92 Å². The SMILES string of the molecule is CCC(C)OC(=O)c1cc([N+](=O)[O-])c(NC)cc1F. The molecule has 1 aromatic carbocycles. The lowest BCUT2D eigenvalue weighted by Crippen LogP contribution is -2.16. The van der Waals surface area contributed by atoms with Crippen molar-refractivity contribution in [2.24, 2.45) is 0 Å². The minimum atomic E-state index is -0.905. The average molecular weight is 270 g/mol. The highest BCUT2D eigenvalue weighted by molar-refractivity contribution is 5.91. The Morgan fingerprint density at radius 3 is 2.68 bits per heavy atom. The Morgan fingerprint density at radius 1 is 1.58 bits per heavy atom. The van der Waals surface area contributed by atoms with Crippen LogP contribution >= 0.6 is 0 Å². The first-order valence-corrected chi connectivity index (χ1v) is 5.77. The molecule has 104 valence electrons. The molecule has 0 radical (unpaired) electrons.